The van der Waals surface area contributed by atoms with Gasteiger partial charge in [-0.3, -0.25) is 4.79 Å². The van der Waals surface area contributed by atoms with Crippen molar-refractivity contribution < 1.29 is 4.79 Å². The van der Waals surface area contributed by atoms with Crippen LogP contribution in [-0.2, 0) is 11.3 Å². The van der Waals surface area contributed by atoms with Gasteiger partial charge in [0.1, 0.15) is 11.4 Å². The monoisotopic (exact) mass is 188 g/mol. The third-order valence-corrected chi connectivity index (χ3v) is 2.24. The molecule has 0 bridgehead atoms. The minimum absolute atomic E-state index is 0.149. The van der Waals surface area contributed by atoms with Crippen LogP contribution in [0.1, 0.15) is 12.6 Å². The number of ketones is 1. The molecule has 0 saturated heterocycles. The summed E-state index contributed by atoms with van der Waals surface area (Å²) < 4.78 is 1.94. The molecule has 14 heavy (non-hydrogen) atoms. The van der Waals surface area contributed by atoms with E-state index in [1.165, 1.54) is 0 Å². The minimum atomic E-state index is 0.149. The maximum atomic E-state index is 11.1. The molecule has 2 aromatic rings. The second kappa shape index (κ2) is 3.25. The highest BCUT2D eigenvalue weighted by Crippen LogP contribution is 2.16. The molecule has 2 rings (SSSR count). The van der Waals surface area contributed by atoms with Gasteiger partial charge in [0.05, 0.1) is 6.54 Å². The van der Waals surface area contributed by atoms with Gasteiger partial charge in [0, 0.05) is 17.3 Å². The van der Waals surface area contributed by atoms with Crippen LogP contribution in [0.25, 0.3) is 11.0 Å². The second-order valence-electron chi connectivity index (χ2n) is 3.49. The predicted molar refractivity (Wildman–Crippen MR) is 55.2 cm³/mol. The van der Waals surface area contributed by atoms with Gasteiger partial charge in [-0.2, -0.15) is 0 Å². The van der Waals surface area contributed by atoms with Crippen molar-refractivity contribution in [3.05, 3.63) is 30.1 Å². The van der Waals surface area contributed by atoms with Crippen molar-refractivity contribution in [2.75, 3.05) is 0 Å². The fourth-order valence-electron chi connectivity index (χ4n) is 1.64. The fraction of sp³-hybridized carbons (Fsp3) is 0.273. The van der Waals surface area contributed by atoms with Gasteiger partial charge < -0.3 is 4.57 Å². The summed E-state index contributed by atoms with van der Waals surface area (Å²) >= 11 is 0. The highest BCUT2D eigenvalue weighted by atomic mass is 16.1. The molecule has 0 spiro atoms. The molecule has 0 aliphatic carbocycles. The molecule has 0 fully saturated rings. The number of aryl methyl sites for hydroxylation is 1. The Morgan fingerprint density at radius 3 is 3.07 bits per heavy atom. The molecule has 3 heteroatoms. The molecular formula is C11H12N2O. The lowest BCUT2D eigenvalue weighted by Gasteiger charge is -2.03. The highest BCUT2D eigenvalue weighted by Gasteiger charge is 2.06. The number of hydrogen-bond donors (Lipinski definition) is 0. The number of nitrogens with zero attached hydrogens (tertiary/aromatic N) is 2. The lowest BCUT2D eigenvalue weighted by molar-refractivity contribution is -0.117. The van der Waals surface area contributed by atoms with Gasteiger partial charge >= 0.3 is 0 Å². The summed E-state index contributed by atoms with van der Waals surface area (Å²) in [6, 6.07) is 5.96. The van der Waals surface area contributed by atoms with E-state index in [0.29, 0.717) is 6.54 Å². The van der Waals surface area contributed by atoms with Crippen molar-refractivity contribution in [2.24, 2.45) is 0 Å². The van der Waals surface area contributed by atoms with Crippen LogP contribution in [0.2, 0.25) is 0 Å². The quantitative estimate of drug-likeness (QED) is 0.721. The number of Topliss-reactive ketones (excluding diaryl/α,β-unsaturated/α-hetero) is 1. The Morgan fingerprint density at radius 1 is 1.57 bits per heavy atom. The zero-order chi connectivity index (χ0) is 10.1. The van der Waals surface area contributed by atoms with Crippen molar-refractivity contribution in [1.29, 1.82) is 0 Å². The second-order valence-corrected chi connectivity index (χ2v) is 3.49. The number of carbonyl (C=O) groups is 1. The lowest BCUT2D eigenvalue weighted by atomic mass is 10.3. The van der Waals surface area contributed by atoms with E-state index in [1.807, 2.05) is 29.7 Å². The molecule has 2 heterocycles. The van der Waals surface area contributed by atoms with Gasteiger partial charge in [-0.1, -0.05) is 0 Å². The minimum Gasteiger partial charge on any atom is -0.323 e. The topological polar surface area (TPSA) is 34.9 Å². The van der Waals surface area contributed by atoms with Crippen molar-refractivity contribution in [1.82, 2.24) is 9.55 Å². The average Bonchev–Trinajstić information content (AvgIpc) is 2.43. The van der Waals surface area contributed by atoms with Crippen LogP contribution < -0.4 is 0 Å². The van der Waals surface area contributed by atoms with E-state index in [2.05, 4.69) is 4.98 Å². The summed E-state index contributed by atoms with van der Waals surface area (Å²) in [4.78, 5) is 15.3. The Balaban J connectivity index is 2.62. The molecule has 0 atom stereocenters. The summed E-state index contributed by atoms with van der Waals surface area (Å²) in [6.07, 6.45) is 1.75. The lowest BCUT2D eigenvalue weighted by Crippen LogP contribution is -2.07. The first-order valence-electron chi connectivity index (χ1n) is 4.59. The number of hydrogen-bond acceptors (Lipinski definition) is 2. The summed E-state index contributed by atoms with van der Waals surface area (Å²) in [5.41, 5.74) is 1.97. The summed E-state index contributed by atoms with van der Waals surface area (Å²) in [5, 5.41) is 1.09. The molecule has 0 saturated carbocycles. The standard InChI is InChI=1S/C11H12N2O/c1-8-6-10-4-3-5-12-11(10)13(8)7-9(2)14/h3-6H,7H2,1-2H3. The molecule has 72 valence electrons. The van der Waals surface area contributed by atoms with Crippen molar-refractivity contribution in [3.63, 3.8) is 0 Å². The van der Waals surface area contributed by atoms with E-state index in [4.69, 9.17) is 0 Å². The number of carbonyl (C=O) groups excluding carboxylic acids is 1. The van der Waals surface area contributed by atoms with Crippen LogP contribution in [0.4, 0.5) is 0 Å². The summed E-state index contributed by atoms with van der Waals surface area (Å²) in [5.74, 6) is 0.149. The van der Waals surface area contributed by atoms with Gasteiger partial charge in [0.2, 0.25) is 0 Å². The zero-order valence-electron chi connectivity index (χ0n) is 8.32. The Morgan fingerprint density at radius 2 is 2.36 bits per heavy atom. The summed E-state index contributed by atoms with van der Waals surface area (Å²) in [7, 11) is 0. The van der Waals surface area contributed by atoms with Crippen LogP contribution in [0.15, 0.2) is 24.4 Å². The average molecular weight is 188 g/mol. The molecule has 0 radical (unpaired) electrons. The van der Waals surface area contributed by atoms with E-state index in [9.17, 15) is 4.79 Å². The smallest absolute Gasteiger partial charge is 0.149 e. The first kappa shape index (κ1) is 8.94. The van der Waals surface area contributed by atoms with Crippen molar-refractivity contribution in [2.45, 2.75) is 20.4 Å². The fourth-order valence-corrected chi connectivity index (χ4v) is 1.64. The van der Waals surface area contributed by atoms with Gasteiger partial charge in [-0.15, -0.1) is 0 Å². The molecule has 0 aliphatic rings. The van der Waals surface area contributed by atoms with Crippen LogP contribution in [0, 0.1) is 6.92 Å². The zero-order valence-corrected chi connectivity index (χ0v) is 8.32. The summed E-state index contributed by atoms with van der Waals surface area (Å²) in [6.45, 7) is 3.99. The normalized spacial score (nSPS) is 10.7. The number of pyridine rings is 1. The predicted octanol–water partition coefficient (Wildman–Crippen LogP) is 1.93. The molecule has 0 unspecified atom stereocenters. The molecule has 0 N–H and O–H groups in total. The third-order valence-electron chi connectivity index (χ3n) is 2.24. The van der Waals surface area contributed by atoms with Crippen molar-refractivity contribution >= 4 is 16.8 Å². The molecule has 0 aliphatic heterocycles. The Labute approximate surface area is 82.4 Å². The van der Waals surface area contributed by atoms with E-state index >= 15 is 0 Å². The first-order chi connectivity index (χ1) is 6.68. The first-order valence-corrected chi connectivity index (χ1v) is 4.59. The van der Waals surface area contributed by atoms with E-state index in [1.54, 1.807) is 13.1 Å². The van der Waals surface area contributed by atoms with Crippen LogP contribution in [-0.4, -0.2) is 15.3 Å². The van der Waals surface area contributed by atoms with Crippen LogP contribution in [0.5, 0.6) is 0 Å². The Hall–Kier alpha value is -1.64. The van der Waals surface area contributed by atoms with Gasteiger partial charge in [-0.05, 0) is 32.0 Å². The van der Waals surface area contributed by atoms with Gasteiger partial charge in [0.15, 0.2) is 0 Å². The molecule has 3 nitrogen and oxygen atoms in total. The van der Waals surface area contributed by atoms with E-state index < -0.39 is 0 Å². The number of rotatable bonds is 2. The molecule has 2 aromatic heterocycles. The SMILES string of the molecule is CC(=O)Cn1c(C)cc2cccnc21. The van der Waals surface area contributed by atoms with Gasteiger partial charge in [-0.25, -0.2) is 4.98 Å². The van der Waals surface area contributed by atoms with Crippen LogP contribution >= 0.6 is 0 Å². The maximum absolute atomic E-state index is 11.1. The molecule has 0 aromatic carbocycles. The highest BCUT2D eigenvalue weighted by molar-refractivity contribution is 5.81. The Kier molecular flexibility index (Phi) is 2.08. The van der Waals surface area contributed by atoms with Gasteiger partial charge in [0.25, 0.3) is 0 Å². The van der Waals surface area contributed by atoms with Crippen LogP contribution in [0.3, 0.4) is 0 Å². The maximum Gasteiger partial charge on any atom is 0.149 e. The van der Waals surface area contributed by atoms with E-state index in [0.717, 1.165) is 16.7 Å². The number of aromatic nitrogens is 2. The number of fused-ring (bicyclic) bond motifs is 1. The molecular weight excluding hydrogens is 176 g/mol. The largest absolute Gasteiger partial charge is 0.323 e. The van der Waals surface area contributed by atoms with Crippen molar-refractivity contribution in [3.8, 4) is 0 Å². The Bertz CT molecular complexity index is 485. The van der Waals surface area contributed by atoms with E-state index in [-0.39, 0.29) is 5.78 Å². The third kappa shape index (κ3) is 1.41. The molecule has 0 amide bonds.